The van der Waals surface area contributed by atoms with E-state index in [0.29, 0.717) is 18.1 Å². The molecule has 1 amide bonds. The number of aryl methyl sites for hydroxylation is 1. The molecule has 4 aromatic heterocycles. The fraction of sp³-hybridized carbons (Fsp3) is 0.118. The Hall–Kier alpha value is -3.55. The lowest BCUT2D eigenvalue weighted by molar-refractivity contribution is 0.0946. The highest BCUT2D eigenvalue weighted by atomic mass is 16.1. The van der Waals surface area contributed by atoms with Crippen LogP contribution in [0.3, 0.4) is 0 Å². The number of nitrogens with one attached hydrogen (secondary N) is 1. The summed E-state index contributed by atoms with van der Waals surface area (Å²) in [5.41, 5.74) is 1.99. The van der Waals surface area contributed by atoms with Crippen LogP contribution in [0, 0.1) is 0 Å². The molecule has 8 nitrogen and oxygen atoms in total. The molecule has 1 N–H and O–H groups in total. The summed E-state index contributed by atoms with van der Waals surface area (Å²) in [4.78, 5) is 25.1. The van der Waals surface area contributed by atoms with Crippen molar-refractivity contribution >= 4 is 16.9 Å². The average molecular weight is 333 g/mol. The maximum absolute atomic E-state index is 12.5. The minimum Gasteiger partial charge on any atom is -0.346 e. The van der Waals surface area contributed by atoms with Crippen molar-refractivity contribution in [3.05, 3.63) is 66.6 Å². The van der Waals surface area contributed by atoms with Crippen LogP contribution in [0.1, 0.15) is 16.1 Å². The quantitative estimate of drug-likeness (QED) is 0.611. The third kappa shape index (κ3) is 2.85. The van der Waals surface area contributed by atoms with Gasteiger partial charge in [-0.05, 0) is 24.3 Å². The molecule has 25 heavy (non-hydrogen) atoms. The predicted molar refractivity (Wildman–Crippen MR) is 91.0 cm³/mol. The number of fused-ring (bicyclic) bond motifs is 1. The first-order chi connectivity index (χ1) is 12.2. The number of pyridine rings is 2. The molecule has 0 atom stereocenters. The van der Waals surface area contributed by atoms with E-state index < -0.39 is 0 Å². The van der Waals surface area contributed by atoms with Crippen molar-refractivity contribution in [3.63, 3.8) is 0 Å². The maximum Gasteiger partial charge on any atom is 0.270 e. The highest BCUT2D eigenvalue weighted by Gasteiger charge is 2.12. The molecule has 4 rings (SSSR count). The Kier molecular flexibility index (Phi) is 3.70. The fourth-order valence-corrected chi connectivity index (χ4v) is 2.62. The summed E-state index contributed by atoms with van der Waals surface area (Å²) < 4.78 is 3.45. The van der Waals surface area contributed by atoms with Crippen molar-refractivity contribution in [2.24, 2.45) is 7.05 Å². The van der Waals surface area contributed by atoms with Crippen LogP contribution < -0.4 is 5.32 Å². The van der Waals surface area contributed by atoms with Crippen LogP contribution in [0.25, 0.3) is 16.9 Å². The third-order valence-electron chi connectivity index (χ3n) is 3.89. The van der Waals surface area contributed by atoms with Gasteiger partial charge in [-0.3, -0.25) is 4.79 Å². The second kappa shape index (κ2) is 6.16. The van der Waals surface area contributed by atoms with Gasteiger partial charge in [0.1, 0.15) is 24.0 Å². The Morgan fingerprint density at radius 2 is 2.16 bits per heavy atom. The van der Waals surface area contributed by atoms with Gasteiger partial charge in [0.15, 0.2) is 5.82 Å². The molecule has 0 bridgehead atoms. The molecule has 0 aliphatic heterocycles. The molecule has 0 aliphatic carbocycles. The zero-order valence-electron chi connectivity index (χ0n) is 13.5. The Morgan fingerprint density at radius 1 is 1.24 bits per heavy atom. The standard InChI is InChI=1S/C17H15N7O/c1-23-8-6-12-4-5-14(22-16(12)23)17(25)20-9-13-3-2-7-19-15(13)24-11-18-10-21-24/h2-8,10-11H,9H2,1H3,(H,20,25). The lowest BCUT2D eigenvalue weighted by Crippen LogP contribution is -2.24. The van der Waals surface area contributed by atoms with Gasteiger partial charge in [-0.25, -0.2) is 19.6 Å². The summed E-state index contributed by atoms with van der Waals surface area (Å²) in [7, 11) is 1.90. The number of hydrogen-bond acceptors (Lipinski definition) is 5. The van der Waals surface area contributed by atoms with Crippen molar-refractivity contribution < 1.29 is 4.79 Å². The Morgan fingerprint density at radius 3 is 3.00 bits per heavy atom. The molecule has 0 spiro atoms. The Balaban J connectivity index is 1.55. The molecule has 124 valence electrons. The lowest BCUT2D eigenvalue weighted by Gasteiger charge is -2.09. The van der Waals surface area contributed by atoms with Gasteiger partial charge in [0.25, 0.3) is 5.91 Å². The van der Waals surface area contributed by atoms with Crippen LogP contribution >= 0.6 is 0 Å². The number of aromatic nitrogens is 6. The molecule has 0 saturated carbocycles. The van der Waals surface area contributed by atoms with Gasteiger partial charge in [-0.15, -0.1) is 0 Å². The molecule has 8 heteroatoms. The van der Waals surface area contributed by atoms with Gasteiger partial charge in [-0.2, -0.15) is 5.10 Å². The van der Waals surface area contributed by atoms with Crippen LogP contribution in [0.5, 0.6) is 0 Å². The summed E-state index contributed by atoms with van der Waals surface area (Å²) in [5, 5.41) is 7.97. The van der Waals surface area contributed by atoms with Crippen molar-refractivity contribution in [1.82, 2.24) is 34.6 Å². The molecule has 0 aromatic carbocycles. The molecule has 0 unspecified atom stereocenters. The van der Waals surface area contributed by atoms with Gasteiger partial charge in [0, 0.05) is 36.9 Å². The highest BCUT2D eigenvalue weighted by Crippen LogP contribution is 2.13. The minimum absolute atomic E-state index is 0.239. The molecule has 4 aromatic rings. The van der Waals surface area contributed by atoms with Crippen LogP contribution in [0.15, 0.2) is 55.4 Å². The fourth-order valence-electron chi connectivity index (χ4n) is 2.62. The number of carbonyl (C=O) groups excluding carboxylic acids is 1. The molecular formula is C17H15N7O. The van der Waals surface area contributed by atoms with Crippen LogP contribution in [-0.2, 0) is 13.6 Å². The van der Waals surface area contributed by atoms with E-state index in [9.17, 15) is 4.79 Å². The lowest BCUT2D eigenvalue weighted by atomic mass is 10.2. The molecule has 0 saturated heterocycles. The maximum atomic E-state index is 12.5. The first-order valence-electron chi connectivity index (χ1n) is 7.71. The predicted octanol–water partition coefficient (Wildman–Crippen LogP) is 1.48. The monoisotopic (exact) mass is 333 g/mol. The normalized spacial score (nSPS) is 10.9. The van der Waals surface area contributed by atoms with Crippen LogP contribution in [0.2, 0.25) is 0 Å². The van der Waals surface area contributed by atoms with Gasteiger partial charge in [0.2, 0.25) is 0 Å². The Bertz CT molecular complexity index is 1040. The van der Waals surface area contributed by atoms with Gasteiger partial charge >= 0.3 is 0 Å². The summed E-state index contributed by atoms with van der Waals surface area (Å²) in [6.45, 7) is 0.314. The summed E-state index contributed by atoms with van der Waals surface area (Å²) in [5.74, 6) is 0.391. The Labute approximate surface area is 143 Å². The first kappa shape index (κ1) is 15.0. The van der Waals surface area contributed by atoms with Crippen molar-refractivity contribution in [2.45, 2.75) is 6.54 Å². The van der Waals surface area contributed by atoms with E-state index in [1.807, 2.05) is 42.1 Å². The van der Waals surface area contributed by atoms with E-state index >= 15 is 0 Å². The number of hydrogen-bond donors (Lipinski definition) is 1. The molecule has 0 aliphatic rings. The zero-order valence-corrected chi connectivity index (χ0v) is 13.5. The van der Waals surface area contributed by atoms with E-state index in [1.54, 1.807) is 23.3 Å². The van der Waals surface area contributed by atoms with Gasteiger partial charge < -0.3 is 9.88 Å². The van der Waals surface area contributed by atoms with E-state index in [4.69, 9.17) is 0 Å². The van der Waals surface area contributed by atoms with E-state index in [2.05, 4.69) is 25.4 Å². The minimum atomic E-state index is -0.239. The first-order valence-corrected chi connectivity index (χ1v) is 7.71. The third-order valence-corrected chi connectivity index (χ3v) is 3.89. The molecule has 0 fully saturated rings. The topological polar surface area (TPSA) is 90.5 Å². The summed E-state index contributed by atoms with van der Waals surface area (Å²) in [6, 6.07) is 9.28. The van der Waals surface area contributed by atoms with E-state index in [-0.39, 0.29) is 5.91 Å². The average Bonchev–Trinajstić information content (AvgIpc) is 3.30. The number of nitrogens with zero attached hydrogens (tertiary/aromatic N) is 6. The molecular weight excluding hydrogens is 318 g/mol. The number of rotatable bonds is 4. The van der Waals surface area contributed by atoms with Gasteiger partial charge in [-0.1, -0.05) is 6.07 Å². The van der Waals surface area contributed by atoms with Gasteiger partial charge in [0.05, 0.1) is 0 Å². The molecule has 0 radical (unpaired) electrons. The second-order valence-corrected chi connectivity index (χ2v) is 5.54. The van der Waals surface area contributed by atoms with Crippen molar-refractivity contribution in [3.8, 4) is 5.82 Å². The SMILES string of the molecule is Cn1ccc2ccc(C(=O)NCc3cccnc3-n3cncn3)nc21. The summed E-state index contributed by atoms with van der Waals surface area (Å²) in [6.07, 6.45) is 6.60. The summed E-state index contributed by atoms with van der Waals surface area (Å²) >= 11 is 0. The van der Waals surface area contributed by atoms with E-state index in [0.717, 1.165) is 16.6 Å². The number of carbonyl (C=O) groups is 1. The van der Waals surface area contributed by atoms with Crippen LogP contribution in [-0.4, -0.2) is 35.2 Å². The smallest absolute Gasteiger partial charge is 0.270 e. The van der Waals surface area contributed by atoms with Crippen molar-refractivity contribution in [1.29, 1.82) is 0 Å². The number of amides is 1. The van der Waals surface area contributed by atoms with Crippen molar-refractivity contribution in [2.75, 3.05) is 0 Å². The molecule has 4 heterocycles. The second-order valence-electron chi connectivity index (χ2n) is 5.54. The largest absolute Gasteiger partial charge is 0.346 e. The van der Waals surface area contributed by atoms with Crippen LogP contribution in [0.4, 0.5) is 0 Å². The van der Waals surface area contributed by atoms with E-state index in [1.165, 1.54) is 6.33 Å². The zero-order chi connectivity index (χ0) is 17.2. The highest BCUT2D eigenvalue weighted by molar-refractivity contribution is 5.94.